The number of carbonyl (C=O) groups excluding carboxylic acids is 1. The zero-order valence-corrected chi connectivity index (χ0v) is 18.6. The van der Waals surface area contributed by atoms with E-state index in [0.29, 0.717) is 35.7 Å². The number of hydrogen-bond donors (Lipinski definition) is 0. The fourth-order valence-electron chi connectivity index (χ4n) is 3.96. The van der Waals surface area contributed by atoms with Crippen LogP contribution in [0, 0.1) is 0 Å². The molecule has 1 saturated heterocycles. The van der Waals surface area contributed by atoms with Gasteiger partial charge in [0.2, 0.25) is 0 Å². The molecule has 0 N–H and O–H groups in total. The van der Waals surface area contributed by atoms with E-state index in [1.807, 2.05) is 6.08 Å². The maximum atomic E-state index is 12.2. The number of ether oxygens (including phenoxy) is 2. The number of allylic oxidation sites excluding steroid dienone is 2. The number of carbonyl (C=O) groups is 1. The molecule has 1 aliphatic rings. The van der Waals surface area contributed by atoms with Crippen molar-refractivity contribution in [3.8, 4) is 0 Å². The van der Waals surface area contributed by atoms with Crippen molar-refractivity contribution in [2.75, 3.05) is 20.3 Å². The van der Waals surface area contributed by atoms with Gasteiger partial charge in [0.1, 0.15) is 6.61 Å². The van der Waals surface area contributed by atoms with Crippen LogP contribution >= 0.6 is 0 Å². The molecule has 0 aromatic carbocycles. The standard InChI is InChI=1S/C20H37NO4Si/c1-16(2)26(17(3)4,18(5)6)25-19(21-13-15-24-20(21)22)12-10-8-9-11-14-23-7/h11-12,14,16-18H,8-10,13,15H2,1-7H3/b14-11+,19-12-. The highest BCUT2D eigenvalue weighted by Crippen LogP contribution is 2.44. The normalized spacial score (nSPS) is 16.3. The van der Waals surface area contributed by atoms with Crippen molar-refractivity contribution in [2.24, 2.45) is 0 Å². The van der Waals surface area contributed by atoms with Crippen molar-refractivity contribution >= 4 is 14.4 Å². The molecule has 1 heterocycles. The van der Waals surface area contributed by atoms with Crippen molar-refractivity contribution in [1.29, 1.82) is 0 Å². The quantitative estimate of drug-likeness (QED) is 0.257. The van der Waals surface area contributed by atoms with Gasteiger partial charge in [-0.05, 0) is 48.0 Å². The third kappa shape index (κ3) is 5.53. The summed E-state index contributed by atoms with van der Waals surface area (Å²) in [7, 11) is -0.473. The van der Waals surface area contributed by atoms with Gasteiger partial charge in [0.05, 0.1) is 19.9 Å². The van der Waals surface area contributed by atoms with Gasteiger partial charge in [-0.3, -0.25) is 0 Å². The summed E-state index contributed by atoms with van der Waals surface area (Å²) in [5, 5.41) is 0. The van der Waals surface area contributed by atoms with E-state index in [-0.39, 0.29) is 6.09 Å². The van der Waals surface area contributed by atoms with Crippen molar-refractivity contribution in [3.05, 3.63) is 24.3 Å². The van der Waals surface area contributed by atoms with Crippen LogP contribution in [0.2, 0.25) is 16.6 Å². The fourth-order valence-corrected chi connectivity index (χ4v) is 9.22. The second-order valence-electron chi connectivity index (χ2n) is 7.77. The molecule has 1 rings (SSSR count). The van der Waals surface area contributed by atoms with Gasteiger partial charge in [0.25, 0.3) is 8.32 Å². The smallest absolute Gasteiger partial charge is 0.416 e. The largest absolute Gasteiger partial charge is 0.531 e. The van der Waals surface area contributed by atoms with E-state index in [2.05, 4.69) is 47.6 Å². The van der Waals surface area contributed by atoms with E-state index in [4.69, 9.17) is 13.9 Å². The Hall–Kier alpha value is -1.43. The molecule has 6 heteroatoms. The van der Waals surface area contributed by atoms with Crippen LogP contribution in [0.5, 0.6) is 0 Å². The average Bonchev–Trinajstić information content (AvgIpc) is 2.98. The fraction of sp³-hybridized carbons (Fsp3) is 0.750. The van der Waals surface area contributed by atoms with Crippen LogP contribution in [-0.4, -0.2) is 39.6 Å². The maximum Gasteiger partial charge on any atom is 0.416 e. The molecule has 0 atom stereocenters. The molecule has 0 aliphatic carbocycles. The minimum atomic E-state index is -2.12. The van der Waals surface area contributed by atoms with E-state index in [1.165, 1.54) is 0 Å². The minimum absolute atomic E-state index is 0.297. The third-order valence-electron chi connectivity index (χ3n) is 5.14. The number of unbranched alkanes of at least 4 members (excludes halogenated alkanes) is 2. The molecule has 0 spiro atoms. The molecule has 0 bridgehead atoms. The van der Waals surface area contributed by atoms with E-state index in [0.717, 1.165) is 19.3 Å². The lowest BCUT2D eigenvalue weighted by Gasteiger charge is -2.43. The van der Waals surface area contributed by atoms with Gasteiger partial charge in [0, 0.05) is 0 Å². The highest BCUT2D eigenvalue weighted by Gasteiger charge is 2.48. The van der Waals surface area contributed by atoms with Crippen molar-refractivity contribution in [1.82, 2.24) is 4.90 Å². The molecule has 1 aliphatic heterocycles. The number of amides is 1. The van der Waals surface area contributed by atoms with Crippen molar-refractivity contribution in [2.45, 2.75) is 77.4 Å². The Bertz CT molecular complexity index is 478. The predicted molar refractivity (Wildman–Crippen MR) is 108 cm³/mol. The summed E-state index contributed by atoms with van der Waals surface area (Å²) in [5.74, 6) is 0.700. The van der Waals surface area contributed by atoms with Crippen molar-refractivity contribution in [3.63, 3.8) is 0 Å². The Labute approximate surface area is 160 Å². The summed E-state index contributed by atoms with van der Waals surface area (Å²) in [5.41, 5.74) is 1.36. The number of cyclic esters (lactones) is 1. The van der Waals surface area contributed by atoms with E-state index < -0.39 is 8.32 Å². The van der Waals surface area contributed by atoms with Crippen LogP contribution in [0.15, 0.2) is 24.3 Å². The van der Waals surface area contributed by atoms with Crippen LogP contribution < -0.4 is 0 Å². The first-order chi connectivity index (χ1) is 12.3. The Balaban J connectivity index is 3.03. The van der Waals surface area contributed by atoms with Gasteiger partial charge < -0.3 is 13.9 Å². The molecule has 1 amide bonds. The monoisotopic (exact) mass is 383 g/mol. The molecule has 26 heavy (non-hydrogen) atoms. The van der Waals surface area contributed by atoms with Gasteiger partial charge in [-0.25, -0.2) is 9.69 Å². The summed E-state index contributed by atoms with van der Waals surface area (Å²) >= 11 is 0. The average molecular weight is 384 g/mol. The Morgan fingerprint density at radius 1 is 1.15 bits per heavy atom. The van der Waals surface area contributed by atoms with Gasteiger partial charge in [-0.15, -0.1) is 0 Å². The highest BCUT2D eigenvalue weighted by atomic mass is 28.4. The molecule has 0 aromatic rings. The van der Waals surface area contributed by atoms with Crippen LogP contribution in [0.1, 0.15) is 60.8 Å². The first-order valence-electron chi connectivity index (χ1n) is 9.78. The Kier molecular flexibility index (Phi) is 9.26. The second kappa shape index (κ2) is 10.7. The first kappa shape index (κ1) is 22.6. The van der Waals surface area contributed by atoms with E-state index in [1.54, 1.807) is 18.3 Å². The molecule has 150 valence electrons. The summed E-state index contributed by atoms with van der Waals surface area (Å²) in [4.78, 5) is 13.8. The molecule has 0 aromatic heterocycles. The van der Waals surface area contributed by atoms with E-state index in [9.17, 15) is 4.79 Å². The van der Waals surface area contributed by atoms with Gasteiger partial charge in [-0.2, -0.15) is 0 Å². The van der Waals surface area contributed by atoms with Gasteiger partial charge in [0.15, 0.2) is 5.88 Å². The lowest BCUT2D eigenvalue weighted by atomic mass is 10.2. The first-order valence-corrected chi connectivity index (χ1v) is 11.9. The summed E-state index contributed by atoms with van der Waals surface area (Å²) in [6.07, 6.45) is 8.25. The lowest BCUT2D eigenvalue weighted by molar-refractivity contribution is 0.151. The van der Waals surface area contributed by atoms with Crippen LogP contribution in [0.4, 0.5) is 4.79 Å². The number of rotatable bonds is 11. The minimum Gasteiger partial charge on any atom is -0.531 e. The number of nitrogens with zero attached hydrogens (tertiary/aromatic N) is 1. The number of methoxy groups -OCH3 is 1. The Morgan fingerprint density at radius 3 is 2.23 bits per heavy atom. The molecule has 5 nitrogen and oxygen atoms in total. The maximum absolute atomic E-state index is 12.2. The summed E-state index contributed by atoms with van der Waals surface area (Å²) in [6.45, 7) is 14.5. The molecule has 0 radical (unpaired) electrons. The molecular weight excluding hydrogens is 346 g/mol. The highest BCUT2D eigenvalue weighted by molar-refractivity contribution is 6.77. The summed E-state index contributed by atoms with van der Waals surface area (Å²) in [6, 6.07) is 0. The number of hydrogen-bond acceptors (Lipinski definition) is 4. The lowest BCUT2D eigenvalue weighted by Crippen LogP contribution is -2.49. The summed E-state index contributed by atoms with van der Waals surface area (Å²) < 4.78 is 16.9. The zero-order chi connectivity index (χ0) is 19.7. The predicted octanol–water partition coefficient (Wildman–Crippen LogP) is 5.80. The zero-order valence-electron chi connectivity index (χ0n) is 17.6. The van der Waals surface area contributed by atoms with Crippen LogP contribution in [0.25, 0.3) is 0 Å². The molecule has 0 saturated carbocycles. The van der Waals surface area contributed by atoms with Crippen LogP contribution in [0.3, 0.4) is 0 Å². The Morgan fingerprint density at radius 2 is 1.77 bits per heavy atom. The van der Waals surface area contributed by atoms with Gasteiger partial charge in [-0.1, -0.05) is 41.5 Å². The second-order valence-corrected chi connectivity index (χ2v) is 13.1. The molecular formula is C20H37NO4Si. The van der Waals surface area contributed by atoms with E-state index >= 15 is 0 Å². The molecule has 0 unspecified atom stereocenters. The molecule has 1 fully saturated rings. The van der Waals surface area contributed by atoms with Crippen molar-refractivity contribution < 1.29 is 18.7 Å². The van der Waals surface area contributed by atoms with Gasteiger partial charge >= 0.3 is 6.09 Å². The SMILES string of the molecule is CO/C=C/CCC/C=C(\O[Si](C(C)C)(C(C)C)C(C)C)N1CCOC1=O. The third-order valence-corrected chi connectivity index (χ3v) is 11.1. The van der Waals surface area contributed by atoms with Crippen LogP contribution in [-0.2, 0) is 13.9 Å². The topological polar surface area (TPSA) is 48.0 Å².